The van der Waals surface area contributed by atoms with Gasteiger partial charge in [0.2, 0.25) is 0 Å². The molecule has 4 aromatic carbocycles. The zero-order valence-electron chi connectivity index (χ0n) is 13.5. The number of aromatic nitrogens is 1. The van der Waals surface area contributed by atoms with Gasteiger partial charge in [0, 0.05) is 25.1 Å². The van der Waals surface area contributed by atoms with Crippen molar-refractivity contribution >= 4 is 76.0 Å². The van der Waals surface area contributed by atoms with Crippen LogP contribution in [0.4, 0.5) is 0 Å². The van der Waals surface area contributed by atoms with Gasteiger partial charge in [-0.2, -0.15) is 0 Å². The van der Waals surface area contributed by atoms with Crippen LogP contribution in [0.3, 0.4) is 0 Å². The van der Waals surface area contributed by atoms with Crippen LogP contribution in [-0.2, 0) is 0 Å². The van der Waals surface area contributed by atoms with E-state index in [0.717, 1.165) is 35.9 Å². The number of nitrogens with zero attached hydrogens (tertiary/aromatic N) is 1. The van der Waals surface area contributed by atoms with Gasteiger partial charge in [0.25, 0.3) is 0 Å². The summed E-state index contributed by atoms with van der Waals surface area (Å²) in [6, 6.07) is 25.2. The Morgan fingerprint density at radius 1 is 0.692 bits per heavy atom. The lowest BCUT2D eigenvalue weighted by atomic mass is 10.1. The Morgan fingerprint density at radius 2 is 1.46 bits per heavy atom. The van der Waals surface area contributed by atoms with Gasteiger partial charge in [0.05, 0.1) is 21.7 Å². The highest BCUT2D eigenvalue weighted by Crippen LogP contribution is 2.39. The average Bonchev–Trinajstić information content (AvgIpc) is 2.98. The molecule has 0 spiro atoms. The van der Waals surface area contributed by atoms with E-state index in [1.807, 2.05) is 12.1 Å². The van der Waals surface area contributed by atoms with Crippen molar-refractivity contribution in [2.24, 2.45) is 0 Å². The van der Waals surface area contributed by atoms with Crippen molar-refractivity contribution < 1.29 is 0 Å². The minimum absolute atomic E-state index is 0.752. The van der Waals surface area contributed by atoms with Crippen molar-refractivity contribution in [1.82, 2.24) is 4.57 Å². The van der Waals surface area contributed by atoms with Gasteiger partial charge in [-0.25, -0.2) is 0 Å². The SMILES string of the molecule is Clc1ccc(Br)c2cccc(-n3c4ccccc4c4cc(Br)ccc43)c12. The van der Waals surface area contributed by atoms with E-state index in [4.69, 9.17) is 11.6 Å². The van der Waals surface area contributed by atoms with E-state index in [-0.39, 0.29) is 0 Å². The molecule has 126 valence electrons. The highest BCUT2D eigenvalue weighted by Gasteiger charge is 2.16. The van der Waals surface area contributed by atoms with E-state index in [1.54, 1.807) is 0 Å². The molecule has 5 rings (SSSR count). The minimum atomic E-state index is 0.752. The number of para-hydroxylation sites is 1. The molecule has 0 atom stereocenters. The first-order valence-corrected chi connectivity index (χ1v) is 10.2. The van der Waals surface area contributed by atoms with Crippen molar-refractivity contribution in [3.8, 4) is 5.69 Å². The molecular weight excluding hydrogens is 474 g/mol. The standard InChI is InChI=1S/C22H12Br2ClN/c23-13-8-11-20-16(12-13)14-4-1-2-6-19(14)26(20)21-7-3-5-15-17(24)9-10-18(25)22(15)21/h1-12H. The van der Waals surface area contributed by atoms with Gasteiger partial charge in [-0.15, -0.1) is 0 Å². The molecule has 1 nitrogen and oxygen atoms in total. The molecule has 0 aliphatic carbocycles. The smallest absolute Gasteiger partial charge is 0.0555 e. The monoisotopic (exact) mass is 483 g/mol. The van der Waals surface area contributed by atoms with Crippen molar-refractivity contribution in [2.75, 3.05) is 0 Å². The van der Waals surface area contributed by atoms with Crippen LogP contribution in [0.1, 0.15) is 0 Å². The lowest BCUT2D eigenvalue weighted by Crippen LogP contribution is -1.96. The van der Waals surface area contributed by atoms with Crippen molar-refractivity contribution in [1.29, 1.82) is 0 Å². The summed E-state index contributed by atoms with van der Waals surface area (Å²) >= 11 is 13.9. The van der Waals surface area contributed by atoms with E-state index in [0.29, 0.717) is 0 Å². The first-order chi connectivity index (χ1) is 12.6. The first-order valence-electron chi connectivity index (χ1n) is 8.21. The third-order valence-corrected chi connectivity index (χ3v) is 6.29. The van der Waals surface area contributed by atoms with Gasteiger partial charge in [-0.1, -0.05) is 73.8 Å². The molecule has 5 aromatic rings. The molecule has 0 unspecified atom stereocenters. The Labute approximate surface area is 172 Å². The van der Waals surface area contributed by atoms with E-state index < -0.39 is 0 Å². The van der Waals surface area contributed by atoms with Crippen LogP contribution in [0.25, 0.3) is 38.3 Å². The molecule has 0 N–H and O–H groups in total. The van der Waals surface area contributed by atoms with Crippen LogP contribution in [0.2, 0.25) is 5.02 Å². The van der Waals surface area contributed by atoms with Crippen molar-refractivity contribution in [3.63, 3.8) is 0 Å². The molecule has 1 aromatic heterocycles. The Bertz CT molecular complexity index is 1320. The molecule has 0 aliphatic rings. The lowest BCUT2D eigenvalue weighted by molar-refractivity contribution is 1.20. The molecule has 0 radical (unpaired) electrons. The fourth-order valence-corrected chi connectivity index (χ4v) is 4.79. The number of hydrogen-bond donors (Lipinski definition) is 0. The van der Waals surface area contributed by atoms with E-state index in [9.17, 15) is 0 Å². The second kappa shape index (κ2) is 6.12. The van der Waals surface area contributed by atoms with Gasteiger partial charge in [0.1, 0.15) is 0 Å². The highest BCUT2D eigenvalue weighted by atomic mass is 79.9. The number of rotatable bonds is 1. The summed E-state index contributed by atoms with van der Waals surface area (Å²) in [4.78, 5) is 0. The fraction of sp³-hybridized carbons (Fsp3) is 0. The van der Waals surface area contributed by atoms with Gasteiger partial charge < -0.3 is 4.57 Å². The van der Waals surface area contributed by atoms with Crippen LogP contribution in [0, 0.1) is 0 Å². The molecule has 0 saturated heterocycles. The van der Waals surface area contributed by atoms with Crippen molar-refractivity contribution in [3.05, 3.63) is 86.8 Å². The average molecular weight is 486 g/mol. The zero-order valence-corrected chi connectivity index (χ0v) is 17.4. The van der Waals surface area contributed by atoms with Crippen LogP contribution < -0.4 is 0 Å². The first kappa shape index (κ1) is 16.4. The molecule has 26 heavy (non-hydrogen) atoms. The topological polar surface area (TPSA) is 4.93 Å². The van der Waals surface area contributed by atoms with Gasteiger partial charge in [-0.05, 0) is 47.9 Å². The van der Waals surface area contributed by atoms with Gasteiger partial charge in [-0.3, -0.25) is 0 Å². The van der Waals surface area contributed by atoms with E-state index in [1.165, 1.54) is 16.3 Å². The summed E-state index contributed by atoms with van der Waals surface area (Å²) in [7, 11) is 0. The van der Waals surface area contributed by atoms with Crippen LogP contribution >= 0.6 is 43.5 Å². The fourth-order valence-electron chi connectivity index (χ4n) is 3.70. The molecule has 0 amide bonds. The number of fused-ring (bicyclic) bond motifs is 4. The maximum absolute atomic E-state index is 6.64. The molecule has 0 fully saturated rings. The Morgan fingerprint density at radius 3 is 2.35 bits per heavy atom. The second-order valence-corrected chi connectivity index (χ2v) is 8.42. The second-order valence-electron chi connectivity index (χ2n) is 6.24. The normalized spacial score (nSPS) is 11.7. The van der Waals surface area contributed by atoms with Crippen LogP contribution in [-0.4, -0.2) is 4.57 Å². The largest absolute Gasteiger partial charge is 0.309 e. The van der Waals surface area contributed by atoms with Crippen molar-refractivity contribution in [2.45, 2.75) is 0 Å². The predicted octanol–water partition coefficient (Wildman–Crippen LogP) is 8.12. The summed E-state index contributed by atoms with van der Waals surface area (Å²) in [6.45, 7) is 0. The Kier molecular flexibility index (Phi) is 3.85. The summed E-state index contributed by atoms with van der Waals surface area (Å²) in [5.41, 5.74) is 3.42. The third-order valence-electron chi connectivity index (χ3n) is 4.79. The third kappa shape index (κ3) is 2.34. The molecule has 0 bridgehead atoms. The van der Waals surface area contributed by atoms with E-state index >= 15 is 0 Å². The van der Waals surface area contributed by atoms with Gasteiger partial charge >= 0.3 is 0 Å². The maximum atomic E-state index is 6.64. The lowest BCUT2D eigenvalue weighted by Gasteiger charge is -2.13. The molecule has 0 aliphatic heterocycles. The summed E-state index contributed by atoms with van der Waals surface area (Å²) in [5.74, 6) is 0. The predicted molar refractivity (Wildman–Crippen MR) is 119 cm³/mol. The molecule has 1 heterocycles. The summed E-state index contributed by atoms with van der Waals surface area (Å²) in [6.07, 6.45) is 0. The maximum Gasteiger partial charge on any atom is 0.0555 e. The minimum Gasteiger partial charge on any atom is -0.309 e. The highest BCUT2D eigenvalue weighted by molar-refractivity contribution is 9.11. The van der Waals surface area contributed by atoms with E-state index in [2.05, 4.69) is 97.1 Å². The summed E-state index contributed by atoms with van der Waals surface area (Å²) in [5, 5.41) is 5.36. The quantitative estimate of drug-likeness (QED) is 0.226. The Balaban J connectivity index is 2.03. The summed E-state index contributed by atoms with van der Waals surface area (Å²) < 4.78 is 4.42. The molecule has 0 saturated carbocycles. The number of hydrogen-bond acceptors (Lipinski definition) is 0. The zero-order chi connectivity index (χ0) is 17.8. The number of halogens is 3. The molecular formula is C22H12Br2ClN. The van der Waals surface area contributed by atoms with Crippen LogP contribution in [0.15, 0.2) is 81.7 Å². The van der Waals surface area contributed by atoms with Crippen LogP contribution in [0.5, 0.6) is 0 Å². The Hall–Kier alpha value is -1.81. The molecule has 4 heteroatoms. The number of benzene rings is 4. The van der Waals surface area contributed by atoms with Gasteiger partial charge in [0.15, 0.2) is 0 Å².